The number of unbranched alkanes of at least 4 members (excludes halogenated alkanes) is 3. The molecule has 158 valence electrons. The summed E-state index contributed by atoms with van der Waals surface area (Å²) in [7, 11) is 0. The van der Waals surface area contributed by atoms with Gasteiger partial charge in [0.15, 0.2) is 0 Å². The van der Waals surface area contributed by atoms with Crippen LogP contribution in [0.4, 0.5) is 4.79 Å². The normalized spacial score (nSPS) is 17.3. The summed E-state index contributed by atoms with van der Waals surface area (Å²) < 4.78 is 5.22. The zero-order chi connectivity index (χ0) is 20.6. The minimum Gasteiger partial charge on any atom is -0.444 e. The van der Waals surface area contributed by atoms with Crippen molar-refractivity contribution in [2.24, 2.45) is 0 Å². The van der Waals surface area contributed by atoms with E-state index >= 15 is 0 Å². The van der Waals surface area contributed by atoms with Crippen molar-refractivity contribution in [3.8, 4) is 0 Å². The number of halogens is 1. The van der Waals surface area contributed by atoms with Gasteiger partial charge in [0.1, 0.15) is 5.60 Å². The topological polar surface area (TPSA) is 61.8 Å². The molecule has 0 unspecified atom stereocenters. The third kappa shape index (κ3) is 7.98. The molecule has 1 amide bonds. The summed E-state index contributed by atoms with van der Waals surface area (Å²) in [5.74, 6) is 0. The van der Waals surface area contributed by atoms with Crippen LogP contribution in [0.1, 0.15) is 64.9 Å². The molecule has 1 aliphatic rings. The first-order valence-corrected chi connectivity index (χ1v) is 10.7. The van der Waals surface area contributed by atoms with E-state index < -0.39 is 11.2 Å². The average molecular weight is 411 g/mol. The molecule has 0 saturated carbocycles. The van der Waals surface area contributed by atoms with Crippen LogP contribution in [0.5, 0.6) is 0 Å². The molecule has 2 N–H and O–H groups in total. The lowest BCUT2D eigenvalue weighted by atomic mass is 9.84. The predicted octanol–water partition coefficient (Wildman–Crippen LogP) is 4.71. The number of amides is 1. The van der Waals surface area contributed by atoms with Gasteiger partial charge in [-0.3, -0.25) is 0 Å². The molecule has 1 saturated heterocycles. The van der Waals surface area contributed by atoms with Gasteiger partial charge >= 0.3 is 6.09 Å². The lowest BCUT2D eigenvalue weighted by Crippen LogP contribution is -2.42. The number of carbonyl (C=O) groups excluding carboxylic acids is 1. The van der Waals surface area contributed by atoms with Gasteiger partial charge < -0.3 is 20.1 Å². The third-order valence-corrected chi connectivity index (χ3v) is 5.39. The number of hydrogen-bond acceptors (Lipinski definition) is 4. The standard InChI is InChI=1S/C22H35ClN2O3/c1-21(2,3)28-20(26)24-14-6-4-5-7-15-25-16-12-22(27,13-17-25)18-8-10-19(23)11-9-18/h8-11,27H,4-7,12-17H2,1-3H3,(H,24,26). The summed E-state index contributed by atoms with van der Waals surface area (Å²) in [4.78, 5) is 14.0. The highest BCUT2D eigenvalue weighted by Crippen LogP contribution is 2.33. The molecule has 1 aromatic rings. The van der Waals surface area contributed by atoms with E-state index in [-0.39, 0.29) is 6.09 Å². The Balaban J connectivity index is 1.54. The molecule has 0 radical (unpaired) electrons. The van der Waals surface area contributed by atoms with Gasteiger partial charge in [-0.25, -0.2) is 4.79 Å². The molecule has 0 spiro atoms. The quantitative estimate of drug-likeness (QED) is 0.609. The maximum Gasteiger partial charge on any atom is 0.407 e. The first-order chi connectivity index (χ1) is 13.2. The van der Waals surface area contributed by atoms with Crippen molar-refractivity contribution in [1.29, 1.82) is 0 Å². The van der Waals surface area contributed by atoms with Crippen molar-refractivity contribution in [1.82, 2.24) is 10.2 Å². The fraction of sp³-hybridized carbons (Fsp3) is 0.682. The molecule has 0 aliphatic carbocycles. The summed E-state index contributed by atoms with van der Waals surface area (Å²) in [5.41, 5.74) is -0.207. The summed E-state index contributed by atoms with van der Waals surface area (Å²) in [5, 5.41) is 14.4. The lowest BCUT2D eigenvalue weighted by Gasteiger charge is -2.38. The number of alkyl carbamates (subject to hydrolysis) is 1. The van der Waals surface area contributed by atoms with Crippen molar-refractivity contribution >= 4 is 17.7 Å². The number of rotatable bonds is 8. The van der Waals surface area contributed by atoms with Crippen LogP contribution in [0.15, 0.2) is 24.3 Å². The van der Waals surface area contributed by atoms with Crippen LogP contribution >= 0.6 is 11.6 Å². The molecular formula is C22H35ClN2O3. The molecule has 5 nitrogen and oxygen atoms in total. The minimum absolute atomic E-state index is 0.339. The SMILES string of the molecule is CC(C)(C)OC(=O)NCCCCCCN1CCC(O)(c2ccc(Cl)cc2)CC1. The number of likely N-dealkylation sites (tertiary alicyclic amines) is 1. The highest BCUT2D eigenvalue weighted by Gasteiger charge is 2.33. The van der Waals surface area contributed by atoms with Crippen LogP contribution in [0.25, 0.3) is 0 Å². The number of carbonyl (C=O) groups is 1. The van der Waals surface area contributed by atoms with Gasteiger partial charge in [0.25, 0.3) is 0 Å². The fourth-order valence-electron chi connectivity index (χ4n) is 3.51. The van der Waals surface area contributed by atoms with E-state index in [2.05, 4.69) is 10.2 Å². The van der Waals surface area contributed by atoms with Gasteiger partial charge in [0.05, 0.1) is 5.60 Å². The number of aliphatic hydroxyl groups is 1. The molecule has 0 atom stereocenters. The second-order valence-electron chi connectivity index (χ2n) is 8.72. The molecule has 1 fully saturated rings. The number of piperidine rings is 1. The van der Waals surface area contributed by atoms with Crippen LogP contribution < -0.4 is 5.32 Å². The first kappa shape index (κ1) is 23.0. The molecule has 0 bridgehead atoms. The first-order valence-electron chi connectivity index (χ1n) is 10.4. The van der Waals surface area contributed by atoms with Crippen molar-refractivity contribution in [3.63, 3.8) is 0 Å². The highest BCUT2D eigenvalue weighted by molar-refractivity contribution is 6.30. The van der Waals surface area contributed by atoms with E-state index in [4.69, 9.17) is 16.3 Å². The van der Waals surface area contributed by atoms with Crippen molar-refractivity contribution < 1.29 is 14.6 Å². The van der Waals surface area contributed by atoms with Gasteiger partial charge in [-0.2, -0.15) is 0 Å². The Bertz CT molecular complexity index is 605. The van der Waals surface area contributed by atoms with E-state index in [1.54, 1.807) is 0 Å². The molecular weight excluding hydrogens is 376 g/mol. The molecule has 28 heavy (non-hydrogen) atoms. The number of nitrogens with one attached hydrogen (secondary N) is 1. The Morgan fingerprint density at radius 2 is 1.75 bits per heavy atom. The van der Waals surface area contributed by atoms with Crippen molar-refractivity contribution in [3.05, 3.63) is 34.9 Å². The molecule has 6 heteroatoms. The Kier molecular flexibility index (Phi) is 8.59. The van der Waals surface area contributed by atoms with Gasteiger partial charge in [-0.1, -0.05) is 36.6 Å². The zero-order valence-corrected chi connectivity index (χ0v) is 18.2. The summed E-state index contributed by atoms with van der Waals surface area (Å²) >= 11 is 5.95. The summed E-state index contributed by atoms with van der Waals surface area (Å²) in [6, 6.07) is 7.56. The number of ether oxygens (including phenoxy) is 1. The Labute approximate surface area is 174 Å². The zero-order valence-electron chi connectivity index (χ0n) is 17.5. The van der Waals surface area contributed by atoms with E-state index in [1.165, 1.54) is 0 Å². The molecule has 1 aliphatic heterocycles. The van der Waals surface area contributed by atoms with Crippen LogP contribution in [-0.4, -0.2) is 47.9 Å². The Morgan fingerprint density at radius 3 is 2.36 bits per heavy atom. The second kappa shape index (κ2) is 10.5. The van der Waals surface area contributed by atoms with Crippen LogP contribution in [-0.2, 0) is 10.3 Å². The number of nitrogens with zero attached hydrogens (tertiary/aromatic N) is 1. The fourth-order valence-corrected chi connectivity index (χ4v) is 3.64. The van der Waals surface area contributed by atoms with E-state index in [0.717, 1.165) is 63.7 Å². The monoisotopic (exact) mass is 410 g/mol. The van der Waals surface area contributed by atoms with E-state index in [9.17, 15) is 9.90 Å². The molecule has 0 aromatic heterocycles. The van der Waals surface area contributed by atoms with Gasteiger partial charge in [0.2, 0.25) is 0 Å². The van der Waals surface area contributed by atoms with Crippen LogP contribution in [0.2, 0.25) is 5.02 Å². The average Bonchev–Trinajstić information content (AvgIpc) is 2.61. The van der Waals surface area contributed by atoms with Gasteiger partial charge in [0, 0.05) is 24.7 Å². The lowest BCUT2D eigenvalue weighted by molar-refractivity contribution is -0.0261. The molecule has 1 heterocycles. The predicted molar refractivity (Wildman–Crippen MR) is 114 cm³/mol. The largest absolute Gasteiger partial charge is 0.444 e. The minimum atomic E-state index is -0.728. The smallest absolute Gasteiger partial charge is 0.407 e. The third-order valence-electron chi connectivity index (χ3n) is 5.13. The van der Waals surface area contributed by atoms with Gasteiger partial charge in [-0.05, 0) is 70.7 Å². The van der Waals surface area contributed by atoms with E-state index in [1.807, 2.05) is 45.0 Å². The maximum atomic E-state index is 11.6. The second-order valence-corrected chi connectivity index (χ2v) is 9.16. The Morgan fingerprint density at radius 1 is 1.14 bits per heavy atom. The summed E-state index contributed by atoms with van der Waals surface area (Å²) in [6.07, 6.45) is 5.53. The maximum absolute atomic E-state index is 11.6. The van der Waals surface area contributed by atoms with Gasteiger partial charge in [-0.15, -0.1) is 0 Å². The Hall–Kier alpha value is -1.30. The number of benzene rings is 1. The van der Waals surface area contributed by atoms with Crippen molar-refractivity contribution in [2.45, 2.75) is 70.5 Å². The van der Waals surface area contributed by atoms with Crippen LogP contribution in [0.3, 0.4) is 0 Å². The van der Waals surface area contributed by atoms with Crippen molar-refractivity contribution in [2.75, 3.05) is 26.2 Å². The van der Waals surface area contributed by atoms with E-state index in [0.29, 0.717) is 11.6 Å². The summed E-state index contributed by atoms with van der Waals surface area (Å²) in [6.45, 7) is 9.15. The van der Waals surface area contributed by atoms with Crippen LogP contribution in [0, 0.1) is 0 Å². The molecule has 2 rings (SSSR count). The molecule has 1 aromatic carbocycles. The number of hydrogen-bond donors (Lipinski definition) is 2. The highest BCUT2D eigenvalue weighted by atomic mass is 35.5.